The molecule has 0 radical (unpaired) electrons. The van der Waals surface area contributed by atoms with Gasteiger partial charge in [-0.1, -0.05) is 233 Å². The Morgan fingerprint density at radius 1 is 0.361 bits per heavy atom. The Morgan fingerprint density at radius 3 is 1.88 bits per heavy atom. The molecule has 0 amide bonds. The van der Waals surface area contributed by atoms with E-state index in [0.717, 1.165) is 42.5 Å². The fraction of sp³-hybridized carbons (Fsp3) is 0.0986. The lowest BCUT2D eigenvalue weighted by Crippen LogP contribution is -2.28. The summed E-state index contributed by atoms with van der Waals surface area (Å²) in [5.41, 5.74) is -30.6. The molecule has 72 heavy (non-hydrogen) atoms. The first-order chi connectivity index (χ1) is 53.5. The molecule has 0 saturated carbocycles. The number of hydrogen-bond acceptors (Lipinski definition) is 1. The first-order valence-electron chi connectivity index (χ1n) is 43.9. The Kier molecular flexibility index (Phi) is 3.73. The van der Waals surface area contributed by atoms with Crippen LogP contribution in [0.5, 0.6) is 0 Å². The van der Waals surface area contributed by atoms with Crippen molar-refractivity contribution in [3.05, 3.63) is 292 Å². The summed E-state index contributed by atoms with van der Waals surface area (Å²) in [6.07, 6.45) is 0. The van der Waals surface area contributed by atoms with Gasteiger partial charge >= 0.3 is 0 Å². The summed E-state index contributed by atoms with van der Waals surface area (Å²) in [7, 11) is 0. The van der Waals surface area contributed by atoms with Crippen LogP contribution >= 0.6 is 0 Å². The normalized spacial score (nSPS) is 25.4. The maximum Gasteiger partial charge on any atom is 0.0714 e. The second-order valence-electron chi connectivity index (χ2n) is 16.9. The summed E-state index contributed by atoms with van der Waals surface area (Å²) in [6.45, 7) is -15.8. The zero-order chi connectivity index (χ0) is 86.2. The van der Waals surface area contributed by atoms with E-state index in [1.165, 1.54) is 0 Å². The standard InChI is InChI=1S/C71H53N/c1-69(2)63-29-17-14-27-58(63)61-43-48(34-42-64(61)69)68-54-24-12-11-19-46(54)33-39-55(68)47-31-35-51(36-32-47)72(52-37-40-59-56-25-13-16-28-62(56)70(3,4)66(59)44-52)53-38-41-60-57-26-15-18-30-65(57)71(67(60)45-53,49-20-7-5-8-21-49)50-22-9-6-10-23-50/h5-45H,1-4H3/i1D3,2D3,3D3,4D3,5D,7D,9D,10D,13D,14D,15D,16D,17D,18D,19D,20D,22D,23D,24D,25D,26D,28D,29D,31D,32D,33D,34D,35D,36D,37D,38D,39D,41D,42D,43D,45D. The first-order valence-corrected chi connectivity index (χ1v) is 21.9. The van der Waals surface area contributed by atoms with Crippen LogP contribution in [0.2, 0.25) is 0 Å². The zero-order valence-corrected chi connectivity index (χ0v) is 36.6. The van der Waals surface area contributed by atoms with Crippen LogP contribution in [-0.2, 0) is 16.2 Å². The maximum atomic E-state index is 11.0. The Hall–Kier alpha value is -8.52. The molecule has 0 fully saturated rings. The van der Waals surface area contributed by atoms with Crippen molar-refractivity contribution < 1.29 is 60.3 Å². The van der Waals surface area contributed by atoms with E-state index in [-0.39, 0.29) is 0 Å². The van der Waals surface area contributed by atoms with Gasteiger partial charge in [0.15, 0.2) is 0 Å². The fourth-order valence-corrected chi connectivity index (χ4v) is 10.00. The topological polar surface area (TPSA) is 3.24 Å². The summed E-state index contributed by atoms with van der Waals surface area (Å²) in [6, 6.07) is -28.3. The van der Waals surface area contributed by atoms with E-state index in [9.17, 15) is 35.6 Å². The van der Waals surface area contributed by atoms with Crippen molar-refractivity contribution in [3.8, 4) is 55.6 Å². The number of nitrogens with zero attached hydrogens (tertiary/aromatic N) is 1. The van der Waals surface area contributed by atoms with Gasteiger partial charge in [-0.05, 0) is 153 Å². The average molecular weight is 964 g/mol. The van der Waals surface area contributed by atoms with Crippen LogP contribution in [0, 0.1) is 0 Å². The van der Waals surface area contributed by atoms with Crippen molar-refractivity contribution in [2.45, 2.75) is 43.7 Å². The molecule has 0 bridgehead atoms. The van der Waals surface area contributed by atoms with E-state index < -0.39 is 365 Å². The zero-order valence-electron chi connectivity index (χ0n) is 80.6. The minimum absolute atomic E-state index is 0.316. The van der Waals surface area contributed by atoms with Crippen molar-refractivity contribution >= 4 is 27.8 Å². The second kappa shape index (κ2) is 15.7. The van der Waals surface area contributed by atoms with Crippen LogP contribution in [0.25, 0.3) is 66.4 Å². The molecule has 0 aliphatic heterocycles. The lowest BCUT2D eigenvalue weighted by Gasteiger charge is -2.35. The second-order valence-corrected chi connectivity index (χ2v) is 16.9. The maximum absolute atomic E-state index is 11.0. The number of rotatable bonds is 7. The SMILES string of the molecule is [2H]c1cc2c(cc1N(c1c([2H])c([2H])c(-c3c([2H])c([2H])c4c([2H])ccc([2H])c4c3-c3c([2H])c([2H])c4c(c3[2H])-c3cc([2H])c([2H])c([2H])c3C4(C([2H])([2H])[2H])C([2H])([2H])[2H])c([2H])c1[2H])c1c([2H])c([2H])c3c(c1[2H])C(c1ccc([2H])c([2H])c1[2H])(c1c([2H])c([2H])cc([2H])c1[2H])c1cc([2H])c([2H])c([2H])c1-3)C(C([2H])([2H])[2H])(C([2H])([2H])[2H])c1c([2H])c([2H])c([2H])c([2H])c1-2. The van der Waals surface area contributed by atoms with Crippen molar-refractivity contribution in [2.24, 2.45) is 0 Å². The molecule has 11 aromatic carbocycles. The van der Waals surface area contributed by atoms with Gasteiger partial charge in [0, 0.05) is 44.3 Å². The highest BCUT2D eigenvalue weighted by Gasteiger charge is 2.46. The van der Waals surface area contributed by atoms with Gasteiger partial charge in [-0.15, -0.1) is 0 Å². The summed E-state index contributed by atoms with van der Waals surface area (Å²) >= 11 is 0. The van der Waals surface area contributed by atoms with E-state index in [1.807, 2.05) is 0 Å². The van der Waals surface area contributed by atoms with Gasteiger partial charge in [0.1, 0.15) is 0 Å². The van der Waals surface area contributed by atoms with Gasteiger partial charge < -0.3 is 4.90 Å². The predicted molar refractivity (Wildman–Crippen MR) is 302 cm³/mol. The molecule has 1 heteroatoms. The largest absolute Gasteiger partial charge is 0.310 e. The highest BCUT2D eigenvalue weighted by Crippen LogP contribution is 2.58. The van der Waals surface area contributed by atoms with Gasteiger partial charge in [0.2, 0.25) is 0 Å². The third kappa shape index (κ3) is 6.01. The van der Waals surface area contributed by atoms with Gasteiger partial charge in [-0.25, -0.2) is 0 Å². The average Bonchev–Trinajstić information content (AvgIpc) is 1.50. The summed E-state index contributed by atoms with van der Waals surface area (Å²) < 4.78 is 416. The minimum Gasteiger partial charge on any atom is -0.310 e. The van der Waals surface area contributed by atoms with E-state index in [4.69, 9.17) is 24.7 Å². The molecule has 0 saturated heterocycles. The van der Waals surface area contributed by atoms with Crippen LogP contribution < -0.4 is 4.90 Å². The smallest absolute Gasteiger partial charge is 0.0714 e. The monoisotopic (exact) mass is 964 g/mol. The van der Waals surface area contributed by atoms with Crippen LogP contribution in [0.1, 0.15) is 132 Å². The van der Waals surface area contributed by atoms with Crippen molar-refractivity contribution in [1.29, 1.82) is 0 Å². The van der Waals surface area contributed by atoms with Gasteiger partial charge in [-0.3, -0.25) is 0 Å². The molecule has 0 aromatic heterocycles. The lowest BCUT2D eigenvalue weighted by atomic mass is 9.67. The molecular weight excluding hydrogens is 867 g/mol. The van der Waals surface area contributed by atoms with Crippen molar-refractivity contribution in [2.75, 3.05) is 4.90 Å². The lowest BCUT2D eigenvalue weighted by molar-refractivity contribution is 0.660. The molecule has 3 aliphatic rings. The van der Waals surface area contributed by atoms with Gasteiger partial charge in [-0.2, -0.15) is 0 Å². The Labute approximate surface area is 485 Å². The van der Waals surface area contributed by atoms with Gasteiger partial charge in [0.25, 0.3) is 0 Å². The minimum atomic E-state index is -4.01. The van der Waals surface area contributed by atoms with E-state index in [1.54, 1.807) is 0 Å². The molecule has 342 valence electrons. The third-order valence-electron chi connectivity index (χ3n) is 13.1. The van der Waals surface area contributed by atoms with Crippen molar-refractivity contribution in [1.82, 2.24) is 0 Å². The molecule has 0 heterocycles. The van der Waals surface area contributed by atoms with Crippen LogP contribution in [0.15, 0.2) is 248 Å². The predicted octanol–water partition coefficient (Wildman–Crippen LogP) is 18.6. The molecule has 11 aromatic rings. The molecule has 3 aliphatic carbocycles. The highest BCUT2D eigenvalue weighted by molar-refractivity contribution is 6.05. The molecule has 14 rings (SSSR count). The molecule has 0 N–H and O–H groups in total. The van der Waals surface area contributed by atoms with E-state index in [0.29, 0.717) is 17.0 Å². The molecule has 1 unspecified atom stereocenters. The first kappa shape index (κ1) is 17.1. The van der Waals surface area contributed by atoms with E-state index in [2.05, 4.69) is 0 Å². The molecule has 0 spiro atoms. The summed E-state index contributed by atoms with van der Waals surface area (Å²) in [5, 5.41) is -1.42. The Bertz CT molecular complexity index is 6300. The number of anilines is 3. The van der Waals surface area contributed by atoms with E-state index >= 15 is 0 Å². The van der Waals surface area contributed by atoms with Crippen LogP contribution in [-0.4, -0.2) is 0 Å². The highest BCUT2D eigenvalue weighted by atomic mass is 15.1. The number of benzene rings is 11. The van der Waals surface area contributed by atoms with Crippen LogP contribution in [0.4, 0.5) is 17.1 Å². The quantitative estimate of drug-likeness (QED) is 0.154. The van der Waals surface area contributed by atoms with Crippen molar-refractivity contribution in [3.63, 3.8) is 0 Å². The Balaban J connectivity index is 1.21. The number of fused-ring (bicyclic) bond motifs is 10. The third-order valence-corrected chi connectivity index (χ3v) is 13.1. The van der Waals surface area contributed by atoms with Gasteiger partial charge in [0.05, 0.1) is 49.3 Å². The Morgan fingerprint density at radius 2 is 1.01 bits per heavy atom. The summed E-state index contributed by atoms with van der Waals surface area (Å²) in [4.78, 5) is 0.316. The molecule has 1 nitrogen and oxygen atoms in total. The molecule has 1 atom stereocenters. The number of hydrogen-bond donors (Lipinski definition) is 0. The van der Waals surface area contributed by atoms with Crippen LogP contribution in [0.3, 0.4) is 0 Å². The fourth-order valence-electron chi connectivity index (χ4n) is 10.00. The summed E-state index contributed by atoms with van der Waals surface area (Å²) in [5.74, 6) is 0. The molecular formula is C71H53N.